The van der Waals surface area contributed by atoms with Crippen LogP contribution in [0.3, 0.4) is 0 Å². The normalized spacial score (nSPS) is 10.0. The van der Waals surface area contributed by atoms with Crippen LogP contribution in [0.4, 0.5) is 5.69 Å². The van der Waals surface area contributed by atoms with Gasteiger partial charge >= 0.3 is 0 Å². The Hall–Kier alpha value is -2.82. The van der Waals surface area contributed by atoms with E-state index in [1.807, 2.05) is 6.92 Å². The van der Waals surface area contributed by atoms with Gasteiger partial charge in [0.25, 0.3) is 5.91 Å². The number of carbonyl (C=O) groups excluding carboxylic acids is 2. The van der Waals surface area contributed by atoms with Gasteiger partial charge < -0.3 is 20.0 Å². The fourth-order valence-corrected chi connectivity index (χ4v) is 1.91. The molecule has 0 aliphatic carbocycles. The Kier molecular flexibility index (Phi) is 5.14. The van der Waals surface area contributed by atoms with Gasteiger partial charge in [-0.15, -0.1) is 0 Å². The molecule has 2 aromatic rings. The van der Waals surface area contributed by atoms with E-state index in [0.29, 0.717) is 12.3 Å². The molecule has 0 aliphatic rings. The van der Waals surface area contributed by atoms with E-state index in [1.165, 1.54) is 12.1 Å². The van der Waals surface area contributed by atoms with Gasteiger partial charge in [0.05, 0.1) is 12.6 Å². The van der Waals surface area contributed by atoms with Crippen LogP contribution in [-0.2, 0) is 0 Å². The maximum Gasteiger partial charge on any atom is 0.256 e. The van der Waals surface area contributed by atoms with Crippen molar-refractivity contribution in [3.8, 4) is 5.75 Å². The molecule has 0 aliphatic heterocycles. The molecule has 5 nitrogen and oxygen atoms in total. The summed E-state index contributed by atoms with van der Waals surface area (Å²) in [6.45, 7) is 2.65. The van der Waals surface area contributed by atoms with Crippen LogP contribution in [0.25, 0.3) is 0 Å². The molecule has 1 amide bonds. The van der Waals surface area contributed by atoms with Crippen LogP contribution in [0.2, 0.25) is 0 Å². The third-order valence-electron chi connectivity index (χ3n) is 2.98. The van der Waals surface area contributed by atoms with E-state index in [2.05, 4.69) is 5.32 Å². The van der Waals surface area contributed by atoms with Crippen molar-refractivity contribution in [1.29, 1.82) is 0 Å². The monoisotopic (exact) mass is 298 g/mol. The second-order valence-corrected chi connectivity index (χ2v) is 4.66. The molecule has 0 aromatic heterocycles. The third kappa shape index (κ3) is 3.85. The van der Waals surface area contributed by atoms with Crippen molar-refractivity contribution in [3.05, 3.63) is 59.7 Å². The molecule has 2 aromatic carbocycles. The van der Waals surface area contributed by atoms with Gasteiger partial charge in [-0.3, -0.25) is 4.79 Å². The molecular weight excluding hydrogens is 282 g/mol. The van der Waals surface area contributed by atoms with Crippen LogP contribution in [0, 0.1) is 0 Å². The Bertz CT molecular complexity index is 665. The van der Waals surface area contributed by atoms with E-state index >= 15 is 0 Å². The number of hydrogen-bond donors (Lipinski definition) is 1. The lowest BCUT2D eigenvalue weighted by Gasteiger charge is -2.11. The summed E-state index contributed by atoms with van der Waals surface area (Å²) in [7, 11) is 0. The summed E-state index contributed by atoms with van der Waals surface area (Å²) < 4.78 is 5.45. The highest BCUT2D eigenvalue weighted by atomic mass is 16.5. The highest BCUT2D eigenvalue weighted by Gasteiger charge is 2.11. The minimum atomic E-state index is -1.38. The quantitative estimate of drug-likeness (QED) is 0.885. The summed E-state index contributed by atoms with van der Waals surface area (Å²) >= 11 is 0. The van der Waals surface area contributed by atoms with Crippen LogP contribution < -0.4 is 15.2 Å². The third-order valence-corrected chi connectivity index (χ3v) is 2.98. The molecule has 0 saturated carbocycles. The van der Waals surface area contributed by atoms with E-state index in [-0.39, 0.29) is 11.1 Å². The molecule has 0 bridgehead atoms. The lowest BCUT2D eigenvalue weighted by atomic mass is 10.1. The minimum absolute atomic E-state index is 0.0637. The average molecular weight is 298 g/mol. The first-order valence-corrected chi connectivity index (χ1v) is 6.96. The summed E-state index contributed by atoms with van der Waals surface area (Å²) in [4.78, 5) is 23.2. The molecule has 22 heavy (non-hydrogen) atoms. The molecule has 5 heteroatoms. The average Bonchev–Trinajstić information content (AvgIpc) is 2.54. The number of amides is 1. The summed E-state index contributed by atoms with van der Waals surface area (Å²) in [5, 5.41) is 13.7. The number of carboxylic acid groups (broad SMARTS) is 1. The van der Waals surface area contributed by atoms with Gasteiger partial charge in [-0.25, -0.2) is 0 Å². The number of aromatic carboxylic acids is 1. The Labute approximate surface area is 128 Å². The molecule has 0 radical (unpaired) electrons. The topological polar surface area (TPSA) is 78.5 Å². The largest absolute Gasteiger partial charge is 0.545 e. The number of hydrogen-bond acceptors (Lipinski definition) is 4. The second-order valence-electron chi connectivity index (χ2n) is 4.66. The van der Waals surface area contributed by atoms with Crippen LogP contribution >= 0.6 is 0 Å². The van der Waals surface area contributed by atoms with Gasteiger partial charge in [0.1, 0.15) is 5.75 Å². The SMILES string of the molecule is CCCOc1ccc(NC(=O)c2ccccc2C(=O)[O-])cc1. The predicted octanol–water partition coefficient (Wildman–Crippen LogP) is 2.09. The standard InChI is InChI=1S/C17H17NO4/c1-2-11-22-13-9-7-12(8-10-13)18-16(19)14-5-3-4-6-15(14)17(20)21/h3-10H,2,11H2,1H3,(H,18,19)(H,20,21)/p-1. The summed E-state index contributed by atoms with van der Waals surface area (Å²) in [5.74, 6) is -1.16. The van der Waals surface area contributed by atoms with Crippen molar-refractivity contribution >= 4 is 17.6 Å². The van der Waals surface area contributed by atoms with Gasteiger partial charge in [-0.1, -0.05) is 25.1 Å². The molecule has 2 rings (SSSR count). The van der Waals surface area contributed by atoms with Gasteiger partial charge in [0.2, 0.25) is 0 Å². The number of anilines is 1. The Morgan fingerprint density at radius 3 is 2.27 bits per heavy atom. The zero-order valence-electron chi connectivity index (χ0n) is 12.2. The number of nitrogens with one attached hydrogen (secondary N) is 1. The highest BCUT2D eigenvalue weighted by molar-refractivity contribution is 6.10. The van der Waals surface area contributed by atoms with Crippen molar-refractivity contribution in [2.45, 2.75) is 13.3 Å². The zero-order chi connectivity index (χ0) is 15.9. The fraction of sp³-hybridized carbons (Fsp3) is 0.176. The van der Waals surface area contributed by atoms with E-state index in [9.17, 15) is 14.7 Å². The lowest BCUT2D eigenvalue weighted by Crippen LogP contribution is -2.26. The van der Waals surface area contributed by atoms with Crippen LogP contribution in [0.15, 0.2) is 48.5 Å². The van der Waals surface area contributed by atoms with Crippen molar-refractivity contribution in [2.24, 2.45) is 0 Å². The molecule has 0 fully saturated rings. The van der Waals surface area contributed by atoms with E-state index < -0.39 is 11.9 Å². The number of rotatable bonds is 6. The van der Waals surface area contributed by atoms with Crippen molar-refractivity contribution in [3.63, 3.8) is 0 Å². The summed E-state index contributed by atoms with van der Waals surface area (Å²) in [6, 6.07) is 12.8. The summed E-state index contributed by atoms with van der Waals surface area (Å²) in [6.07, 6.45) is 0.915. The van der Waals surface area contributed by atoms with E-state index in [4.69, 9.17) is 4.74 Å². The van der Waals surface area contributed by atoms with Crippen LogP contribution in [-0.4, -0.2) is 18.5 Å². The zero-order valence-corrected chi connectivity index (χ0v) is 12.2. The molecule has 0 heterocycles. The number of benzene rings is 2. The molecule has 114 valence electrons. The molecular formula is C17H16NO4-. The minimum Gasteiger partial charge on any atom is -0.545 e. The van der Waals surface area contributed by atoms with E-state index in [1.54, 1.807) is 36.4 Å². The smallest absolute Gasteiger partial charge is 0.256 e. The maximum atomic E-state index is 12.2. The van der Waals surface area contributed by atoms with Gasteiger partial charge in [-0.2, -0.15) is 0 Å². The van der Waals surface area contributed by atoms with Crippen molar-refractivity contribution < 1.29 is 19.4 Å². The molecule has 0 spiro atoms. The molecule has 0 saturated heterocycles. The first-order chi connectivity index (χ1) is 10.6. The first kappa shape index (κ1) is 15.6. The van der Waals surface area contributed by atoms with Gasteiger partial charge in [-0.05, 0) is 36.8 Å². The Morgan fingerprint density at radius 2 is 1.68 bits per heavy atom. The lowest BCUT2D eigenvalue weighted by molar-refractivity contribution is -0.255. The maximum absolute atomic E-state index is 12.2. The molecule has 0 atom stereocenters. The number of carbonyl (C=O) groups is 2. The first-order valence-electron chi connectivity index (χ1n) is 6.96. The van der Waals surface area contributed by atoms with E-state index in [0.717, 1.165) is 12.2 Å². The number of carboxylic acids is 1. The predicted molar refractivity (Wildman–Crippen MR) is 81.0 cm³/mol. The molecule has 0 unspecified atom stereocenters. The fourth-order valence-electron chi connectivity index (χ4n) is 1.91. The van der Waals surface area contributed by atoms with Crippen molar-refractivity contribution in [2.75, 3.05) is 11.9 Å². The Balaban J connectivity index is 2.10. The van der Waals surface area contributed by atoms with Gasteiger partial charge in [0.15, 0.2) is 0 Å². The van der Waals surface area contributed by atoms with Crippen molar-refractivity contribution in [1.82, 2.24) is 0 Å². The van der Waals surface area contributed by atoms with Crippen LogP contribution in [0.5, 0.6) is 5.75 Å². The Morgan fingerprint density at radius 1 is 1.05 bits per heavy atom. The van der Waals surface area contributed by atoms with Gasteiger partial charge in [0, 0.05) is 16.8 Å². The second kappa shape index (κ2) is 7.26. The van der Waals surface area contributed by atoms with Crippen LogP contribution in [0.1, 0.15) is 34.1 Å². The number of ether oxygens (including phenoxy) is 1. The molecule has 1 N–H and O–H groups in total. The highest BCUT2D eigenvalue weighted by Crippen LogP contribution is 2.17. The summed E-state index contributed by atoms with van der Waals surface area (Å²) in [5.41, 5.74) is 0.485.